The first-order chi connectivity index (χ1) is 11.1. The molecule has 0 bridgehead atoms. The molecule has 0 radical (unpaired) electrons. The Balaban J connectivity index is 2.60. The molecule has 1 aromatic carbocycles. The van der Waals surface area contributed by atoms with Crippen LogP contribution in [0.5, 0.6) is 5.75 Å². The summed E-state index contributed by atoms with van der Waals surface area (Å²) in [5, 5.41) is 5.93. The van der Waals surface area contributed by atoms with Crippen molar-refractivity contribution in [2.24, 2.45) is 0 Å². The molecule has 3 amide bonds. The fourth-order valence-electron chi connectivity index (χ4n) is 1.87. The van der Waals surface area contributed by atoms with Crippen LogP contribution in [-0.2, 0) is 4.79 Å². The Kier molecular flexibility index (Phi) is 7.35. The maximum Gasteiger partial charge on any atom is 0.322 e. The quantitative estimate of drug-likeness (QED) is 0.820. The molecule has 7 heteroatoms. The molecule has 0 aliphatic rings. The number of carbonyl (C=O) groups is 2. The zero-order valence-electron chi connectivity index (χ0n) is 14.9. The standard InChI is InChI=1S/C17H26ClN3O3/c1-6-9-24-14-8-7-12(10-13(14)18)19-16(23)21(5)11-15(22)20-17(2,3)4/h7-8,10H,6,9,11H2,1-5H3,(H,19,23)(H,20,22). The first kappa shape index (κ1) is 20.1. The van der Waals surface area contributed by atoms with E-state index in [0.717, 1.165) is 6.42 Å². The lowest BCUT2D eigenvalue weighted by Gasteiger charge is -2.23. The molecule has 0 fully saturated rings. The Labute approximate surface area is 148 Å². The van der Waals surface area contributed by atoms with Crippen molar-refractivity contribution < 1.29 is 14.3 Å². The summed E-state index contributed by atoms with van der Waals surface area (Å²) in [5.41, 5.74) is 0.202. The maximum absolute atomic E-state index is 12.1. The molecule has 0 atom stereocenters. The summed E-state index contributed by atoms with van der Waals surface area (Å²) in [7, 11) is 1.55. The maximum atomic E-state index is 12.1. The molecule has 2 N–H and O–H groups in total. The summed E-state index contributed by atoms with van der Waals surface area (Å²) in [6, 6.07) is 4.64. The second-order valence-electron chi connectivity index (χ2n) is 6.58. The van der Waals surface area contributed by atoms with Gasteiger partial charge in [-0.15, -0.1) is 0 Å². The molecule has 0 saturated carbocycles. The third kappa shape index (κ3) is 7.08. The number of rotatable bonds is 6. The van der Waals surface area contributed by atoms with Gasteiger partial charge in [-0.25, -0.2) is 4.79 Å². The number of nitrogens with zero attached hydrogens (tertiary/aromatic N) is 1. The molecule has 0 saturated heterocycles. The number of amides is 3. The smallest absolute Gasteiger partial charge is 0.322 e. The number of benzene rings is 1. The Morgan fingerprint density at radius 3 is 2.50 bits per heavy atom. The first-order valence-corrected chi connectivity index (χ1v) is 8.25. The number of urea groups is 1. The molecule has 134 valence electrons. The van der Waals surface area contributed by atoms with Crippen molar-refractivity contribution >= 4 is 29.2 Å². The minimum absolute atomic E-state index is 0.0332. The van der Waals surface area contributed by atoms with Crippen LogP contribution < -0.4 is 15.4 Å². The van der Waals surface area contributed by atoms with E-state index < -0.39 is 6.03 Å². The molecule has 0 aromatic heterocycles. The molecule has 0 heterocycles. The fraction of sp³-hybridized carbons (Fsp3) is 0.529. The van der Waals surface area contributed by atoms with E-state index in [9.17, 15) is 9.59 Å². The number of hydrogen-bond donors (Lipinski definition) is 2. The molecule has 1 aromatic rings. The van der Waals surface area contributed by atoms with Gasteiger partial charge in [-0.2, -0.15) is 0 Å². The van der Waals surface area contributed by atoms with Crippen LogP contribution in [0, 0.1) is 0 Å². The summed E-state index contributed by atoms with van der Waals surface area (Å²) in [4.78, 5) is 25.3. The third-order valence-electron chi connectivity index (χ3n) is 2.89. The Morgan fingerprint density at radius 2 is 1.96 bits per heavy atom. The van der Waals surface area contributed by atoms with Gasteiger partial charge in [0.2, 0.25) is 5.91 Å². The van der Waals surface area contributed by atoms with Crippen molar-refractivity contribution in [2.75, 3.05) is 25.5 Å². The van der Waals surface area contributed by atoms with Crippen LogP contribution >= 0.6 is 11.6 Å². The van der Waals surface area contributed by atoms with Crippen molar-refractivity contribution in [3.8, 4) is 5.75 Å². The van der Waals surface area contributed by atoms with Gasteiger partial charge in [-0.3, -0.25) is 4.79 Å². The molecule has 0 unspecified atom stereocenters. The lowest BCUT2D eigenvalue weighted by molar-refractivity contribution is -0.122. The zero-order chi connectivity index (χ0) is 18.3. The molecule has 0 aliphatic heterocycles. The van der Waals surface area contributed by atoms with E-state index in [1.54, 1.807) is 25.2 Å². The van der Waals surface area contributed by atoms with Crippen molar-refractivity contribution in [3.63, 3.8) is 0 Å². The third-order valence-corrected chi connectivity index (χ3v) is 3.18. The van der Waals surface area contributed by atoms with Crippen LogP contribution in [0.25, 0.3) is 0 Å². The van der Waals surface area contributed by atoms with Crippen molar-refractivity contribution in [3.05, 3.63) is 23.2 Å². The van der Waals surface area contributed by atoms with E-state index >= 15 is 0 Å². The lowest BCUT2D eigenvalue weighted by atomic mass is 10.1. The second kappa shape index (κ2) is 8.78. The van der Waals surface area contributed by atoms with Crippen molar-refractivity contribution in [1.29, 1.82) is 0 Å². The van der Waals surface area contributed by atoms with Gasteiger partial charge < -0.3 is 20.3 Å². The molecule has 0 spiro atoms. The monoisotopic (exact) mass is 355 g/mol. The highest BCUT2D eigenvalue weighted by Crippen LogP contribution is 2.27. The largest absolute Gasteiger partial charge is 0.492 e. The average Bonchev–Trinajstić information content (AvgIpc) is 2.44. The zero-order valence-corrected chi connectivity index (χ0v) is 15.7. The topological polar surface area (TPSA) is 70.7 Å². The van der Waals surface area contributed by atoms with Gasteiger partial charge in [-0.05, 0) is 45.4 Å². The number of hydrogen-bond acceptors (Lipinski definition) is 3. The van der Waals surface area contributed by atoms with Crippen LogP contribution in [0.2, 0.25) is 5.02 Å². The molecule has 0 aliphatic carbocycles. The highest BCUT2D eigenvalue weighted by molar-refractivity contribution is 6.32. The van der Waals surface area contributed by atoms with E-state index in [-0.39, 0.29) is 18.0 Å². The predicted octanol–water partition coefficient (Wildman–Crippen LogP) is 3.51. The Bertz CT molecular complexity index is 585. The van der Waals surface area contributed by atoms with Gasteiger partial charge in [0.15, 0.2) is 0 Å². The van der Waals surface area contributed by atoms with Gasteiger partial charge in [0.05, 0.1) is 11.6 Å². The average molecular weight is 356 g/mol. The molecular weight excluding hydrogens is 330 g/mol. The summed E-state index contributed by atoms with van der Waals surface area (Å²) in [5.74, 6) is 0.357. The molecule has 1 rings (SSSR count). The van der Waals surface area contributed by atoms with Crippen molar-refractivity contribution in [2.45, 2.75) is 39.7 Å². The number of ether oxygens (including phenoxy) is 1. The summed E-state index contributed by atoms with van der Waals surface area (Å²) < 4.78 is 5.48. The van der Waals surface area contributed by atoms with Gasteiger partial charge >= 0.3 is 6.03 Å². The second-order valence-corrected chi connectivity index (χ2v) is 6.99. The van der Waals surface area contributed by atoms with Crippen LogP contribution in [0.15, 0.2) is 18.2 Å². The highest BCUT2D eigenvalue weighted by atomic mass is 35.5. The molecular formula is C17H26ClN3O3. The summed E-state index contributed by atoms with van der Waals surface area (Å²) in [6.45, 7) is 8.21. The van der Waals surface area contributed by atoms with Crippen LogP contribution in [0.3, 0.4) is 0 Å². The lowest BCUT2D eigenvalue weighted by Crippen LogP contribution is -2.47. The Hall–Kier alpha value is -1.95. The van der Waals surface area contributed by atoms with E-state index in [2.05, 4.69) is 10.6 Å². The minimum Gasteiger partial charge on any atom is -0.492 e. The summed E-state index contributed by atoms with van der Waals surface area (Å²) in [6.07, 6.45) is 0.885. The van der Waals surface area contributed by atoms with Gasteiger partial charge in [0.25, 0.3) is 0 Å². The van der Waals surface area contributed by atoms with E-state index in [1.807, 2.05) is 27.7 Å². The SMILES string of the molecule is CCCOc1ccc(NC(=O)N(C)CC(=O)NC(C)(C)C)cc1Cl. The minimum atomic E-state index is -0.391. The normalized spacial score (nSPS) is 10.9. The molecule has 6 nitrogen and oxygen atoms in total. The van der Waals surface area contributed by atoms with E-state index in [1.165, 1.54) is 4.90 Å². The van der Waals surface area contributed by atoms with Gasteiger partial charge in [0.1, 0.15) is 12.3 Å². The van der Waals surface area contributed by atoms with Gasteiger partial charge in [-0.1, -0.05) is 18.5 Å². The van der Waals surface area contributed by atoms with Crippen LogP contribution in [-0.4, -0.2) is 42.6 Å². The van der Waals surface area contributed by atoms with Crippen LogP contribution in [0.4, 0.5) is 10.5 Å². The number of nitrogens with one attached hydrogen (secondary N) is 2. The first-order valence-electron chi connectivity index (χ1n) is 7.88. The highest BCUT2D eigenvalue weighted by Gasteiger charge is 2.18. The summed E-state index contributed by atoms with van der Waals surface area (Å²) >= 11 is 6.13. The number of likely N-dealkylation sites (N-methyl/N-ethyl adjacent to an activating group) is 1. The van der Waals surface area contributed by atoms with E-state index in [0.29, 0.717) is 23.1 Å². The number of halogens is 1. The van der Waals surface area contributed by atoms with Crippen molar-refractivity contribution in [1.82, 2.24) is 10.2 Å². The van der Waals surface area contributed by atoms with Crippen LogP contribution in [0.1, 0.15) is 34.1 Å². The number of anilines is 1. The fourth-order valence-corrected chi connectivity index (χ4v) is 2.11. The van der Waals surface area contributed by atoms with Gasteiger partial charge in [0, 0.05) is 18.3 Å². The Morgan fingerprint density at radius 1 is 1.29 bits per heavy atom. The number of carbonyl (C=O) groups excluding carboxylic acids is 2. The molecule has 24 heavy (non-hydrogen) atoms. The predicted molar refractivity (Wildman–Crippen MR) is 96.8 cm³/mol. The van der Waals surface area contributed by atoms with E-state index in [4.69, 9.17) is 16.3 Å².